The van der Waals surface area contributed by atoms with Gasteiger partial charge in [0, 0.05) is 31.1 Å². The molecule has 1 saturated heterocycles. The van der Waals surface area contributed by atoms with Gasteiger partial charge in [0.2, 0.25) is 5.88 Å². The molecule has 0 atom stereocenters. The minimum atomic E-state index is -0.526. The Morgan fingerprint density at radius 1 is 1.31 bits per heavy atom. The van der Waals surface area contributed by atoms with E-state index >= 15 is 0 Å². The number of nitrogens with zero attached hydrogens (tertiary/aromatic N) is 3. The smallest absolute Gasteiger partial charge is 0.239 e. The maximum absolute atomic E-state index is 13.6. The molecule has 1 aliphatic heterocycles. The van der Waals surface area contributed by atoms with Crippen LogP contribution in [-0.2, 0) is 0 Å². The molecule has 0 unspecified atom stereocenters. The number of halogens is 2. The highest BCUT2D eigenvalue weighted by molar-refractivity contribution is 7.99. The highest BCUT2D eigenvalue weighted by Crippen LogP contribution is 2.28. The van der Waals surface area contributed by atoms with E-state index in [1.165, 1.54) is 36.5 Å². The molecule has 1 N–H and O–H groups in total. The van der Waals surface area contributed by atoms with Crippen molar-refractivity contribution in [3.8, 4) is 11.6 Å². The van der Waals surface area contributed by atoms with Crippen LogP contribution < -0.4 is 10.1 Å². The third-order valence-electron chi connectivity index (χ3n) is 4.37. The Bertz CT molecular complexity index is 913. The molecule has 3 aromatic rings. The Hall–Kier alpha value is -1.99. The van der Waals surface area contributed by atoms with Crippen molar-refractivity contribution < 1.29 is 9.13 Å². The van der Waals surface area contributed by atoms with E-state index in [1.807, 2.05) is 11.8 Å². The minimum Gasteiger partial charge on any atom is -0.437 e. The molecular formula is C18H18ClFN4OS. The number of benzene rings is 1. The summed E-state index contributed by atoms with van der Waals surface area (Å²) in [5, 5.41) is 7.91. The van der Waals surface area contributed by atoms with Crippen molar-refractivity contribution in [2.45, 2.75) is 12.8 Å². The van der Waals surface area contributed by atoms with Crippen LogP contribution in [0.5, 0.6) is 11.6 Å². The number of hydrogen-bond acceptors (Lipinski definition) is 5. The van der Waals surface area contributed by atoms with Crippen LogP contribution in [0.15, 0.2) is 36.7 Å². The number of rotatable bonds is 5. The molecule has 0 amide bonds. The maximum atomic E-state index is 13.6. The van der Waals surface area contributed by atoms with Crippen LogP contribution in [0.3, 0.4) is 0 Å². The first-order chi connectivity index (χ1) is 12.7. The Kier molecular flexibility index (Phi) is 5.17. The number of fused-ring (bicyclic) bond motifs is 1. The van der Waals surface area contributed by atoms with E-state index in [2.05, 4.69) is 15.4 Å². The van der Waals surface area contributed by atoms with Gasteiger partial charge in [-0.1, -0.05) is 11.6 Å². The van der Waals surface area contributed by atoms with Crippen LogP contribution in [0.4, 0.5) is 10.1 Å². The van der Waals surface area contributed by atoms with Gasteiger partial charge in [-0.05, 0) is 42.4 Å². The summed E-state index contributed by atoms with van der Waals surface area (Å²) in [4.78, 5) is 4.36. The van der Waals surface area contributed by atoms with Crippen LogP contribution in [-0.4, -0.2) is 32.6 Å². The molecule has 1 aromatic carbocycles. The fourth-order valence-corrected chi connectivity index (χ4v) is 4.26. The van der Waals surface area contributed by atoms with Gasteiger partial charge in [0.1, 0.15) is 11.6 Å². The lowest BCUT2D eigenvalue weighted by atomic mass is 10.0. The van der Waals surface area contributed by atoms with Gasteiger partial charge in [-0.15, -0.1) is 5.10 Å². The van der Waals surface area contributed by atoms with Gasteiger partial charge < -0.3 is 10.1 Å². The van der Waals surface area contributed by atoms with Crippen molar-refractivity contribution in [1.29, 1.82) is 0 Å². The molecule has 2 aromatic heterocycles. The molecule has 0 spiro atoms. The summed E-state index contributed by atoms with van der Waals surface area (Å²) in [6.45, 7) is 0.891. The fraction of sp³-hybridized carbons (Fsp3) is 0.333. The van der Waals surface area contributed by atoms with Crippen molar-refractivity contribution in [2.24, 2.45) is 5.92 Å². The van der Waals surface area contributed by atoms with Gasteiger partial charge >= 0.3 is 0 Å². The number of nitrogens with one attached hydrogen (secondary N) is 1. The first-order valence-electron chi connectivity index (χ1n) is 8.48. The third kappa shape index (κ3) is 3.88. The monoisotopic (exact) mass is 392 g/mol. The van der Waals surface area contributed by atoms with Crippen LogP contribution >= 0.6 is 23.4 Å². The molecule has 26 heavy (non-hydrogen) atoms. The van der Waals surface area contributed by atoms with E-state index < -0.39 is 5.82 Å². The maximum Gasteiger partial charge on any atom is 0.239 e. The molecule has 136 valence electrons. The summed E-state index contributed by atoms with van der Waals surface area (Å²) in [6.07, 6.45) is 5.89. The van der Waals surface area contributed by atoms with Crippen LogP contribution in [0, 0.1) is 11.7 Å². The number of hydrogen-bond donors (Lipinski definition) is 1. The zero-order valence-electron chi connectivity index (χ0n) is 14.0. The van der Waals surface area contributed by atoms with Gasteiger partial charge in [0.05, 0.1) is 10.7 Å². The molecular weight excluding hydrogens is 375 g/mol. The number of thioether (sulfide) groups is 1. The zero-order valence-corrected chi connectivity index (χ0v) is 15.6. The molecule has 5 nitrogen and oxygen atoms in total. The summed E-state index contributed by atoms with van der Waals surface area (Å²) in [7, 11) is 0. The molecule has 1 aliphatic rings. The average Bonchev–Trinajstić information content (AvgIpc) is 3.12. The van der Waals surface area contributed by atoms with Crippen molar-refractivity contribution in [1.82, 2.24) is 14.6 Å². The minimum absolute atomic E-state index is 0.0587. The standard InChI is InChI=1S/C18H18ClFN4OS/c19-14-2-1-13(9-15(14)20)25-17-10-16(18-21-5-6-24(18)23-17)22-11-12-3-7-26-8-4-12/h1-2,5-6,9-10,12,22H,3-4,7-8,11H2. The average molecular weight is 393 g/mol. The summed E-state index contributed by atoms with van der Waals surface area (Å²) in [5.74, 6) is 3.28. The molecule has 3 heterocycles. The molecule has 4 rings (SSSR count). The molecule has 1 fully saturated rings. The molecule has 0 bridgehead atoms. The summed E-state index contributed by atoms with van der Waals surface area (Å²) >= 11 is 7.73. The predicted octanol–water partition coefficient (Wildman–Crippen LogP) is 4.87. The van der Waals surface area contributed by atoms with Crippen LogP contribution in [0.25, 0.3) is 5.65 Å². The van der Waals surface area contributed by atoms with Crippen molar-refractivity contribution >= 4 is 34.7 Å². The second kappa shape index (κ2) is 7.72. The highest BCUT2D eigenvalue weighted by Gasteiger charge is 2.15. The van der Waals surface area contributed by atoms with Crippen molar-refractivity contribution in [2.75, 3.05) is 23.4 Å². The summed E-state index contributed by atoms with van der Waals surface area (Å²) in [6, 6.07) is 6.11. The number of imidazole rings is 1. The lowest BCUT2D eigenvalue weighted by Gasteiger charge is -2.22. The van der Waals surface area contributed by atoms with Gasteiger partial charge in [0.15, 0.2) is 5.65 Å². The first-order valence-corrected chi connectivity index (χ1v) is 10.0. The lowest BCUT2D eigenvalue weighted by molar-refractivity contribution is 0.448. The van der Waals surface area contributed by atoms with E-state index in [9.17, 15) is 4.39 Å². The van der Waals surface area contributed by atoms with Crippen LogP contribution in [0.2, 0.25) is 5.02 Å². The van der Waals surface area contributed by atoms with Crippen LogP contribution in [0.1, 0.15) is 12.8 Å². The molecule has 0 saturated carbocycles. The van der Waals surface area contributed by atoms with Gasteiger partial charge in [-0.25, -0.2) is 13.9 Å². The first kappa shape index (κ1) is 17.4. The van der Waals surface area contributed by atoms with Gasteiger partial charge in [0.25, 0.3) is 0 Å². The van der Waals surface area contributed by atoms with Crippen molar-refractivity contribution in [3.63, 3.8) is 0 Å². The van der Waals surface area contributed by atoms with E-state index in [1.54, 1.807) is 29.0 Å². The molecule has 0 aliphatic carbocycles. The van der Waals surface area contributed by atoms with E-state index in [0.717, 1.165) is 17.9 Å². The zero-order chi connectivity index (χ0) is 17.9. The molecule has 8 heteroatoms. The van der Waals surface area contributed by atoms with Gasteiger partial charge in [-0.3, -0.25) is 0 Å². The van der Waals surface area contributed by atoms with Gasteiger partial charge in [-0.2, -0.15) is 11.8 Å². The largest absolute Gasteiger partial charge is 0.437 e. The Balaban J connectivity index is 1.56. The second-order valence-corrected chi connectivity index (χ2v) is 7.84. The third-order valence-corrected chi connectivity index (χ3v) is 5.73. The summed E-state index contributed by atoms with van der Waals surface area (Å²) in [5.41, 5.74) is 1.59. The van der Waals surface area contributed by atoms with E-state index in [0.29, 0.717) is 17.5 Å². The van der Waals surface area contributed by atoms with E-state index in [4.69, 9.17) is 16.3 Å². The summed E-state index contributed by atoms with van der Waals surface area (Å²) < 4.78 is 21.0. The SMILES string of the molecule is Fc1cc(Oc2cc(NCC3CCSCC3)c3nccn3n2)ccc1Cl. The quantitative estimate of drug-likeness (QED) is 0.671. The number of anilines is 1. The lowest BCUT2D eigenvalue weighted by Crippen LogP contribution is -2.19. The predicted molar refractivity (Wildman–Crippen MR) is 103 cm³/mol. The van der Waals surface area contributed by atoms with E-state index in [-0.39, 0.29) is 5.02 Å². The second-order valence-electron chi connectivity index (χ2n) is 6.21. The number of aromatic nitrogens is 3. The number of ether oxygens (including phenoxy) is 1. The topological polar surface area (TPSA) is 51.5 Å². The normalized spacial score (nSPS) is 15.3. The highest BCUT2D eigenvalue weighted by atomic mass is 35.5. The fourth-order valence-electron chi connectivity index (χ4n) is 2.94. The Morgan fingerprint density at radius 3 is 2.96 bits per heavy atom. The Morgan fingerprint density at radius 2 is 2.15 bits per heavy atom. The Labute approximate surface area is 159 Å². The molecule has 0 radical (unpaired) electrons. The van der Waals surface area contributed by atoms with Crippen molar-refractivity contribution in [3.05, 3.63) is 47.5 Å².